The van der Waals surface area contributed by atoms with Crippen molar-refractivity contribution in [3.63, 3.8) is 0 Å². The summed E-state index contributed by atoms with van der Waals surface area (Å²) in [5, 5.41) is 0. The van der Waals surface area contributed by atoms with Crippen molar-refractivity contribution in [3.8, 4) is 28.3 Å². The largest absolute Gasteiger partial charge is 0.456 e. The fourth-order valence-electron chi connectivity index (χ4n) is 5.85. The molecule has 2 aliphatic rings. The summed E-state index contributed by atoms with van der Waals surface area (Å²) in [4.78, 5) is 0. The molecule has 0 fully saturated rings. The number of anilines is 1. The molecule has 0 amide bonds. The van der Waals surface area contributed by atoms with Crippen molar-refractivity contribution in [3.05, 3.63) is 120 Å². The van der Waals surface area contributed by atoms with Gasteiger partial charge in [0, 0.05) is 19.1 Å². The van der Waals surface area contributed by atoms with Gasteiger partial charge in [-0.25, -0.2) is 0 Å². The number of benzene rings is 3. The summed E-state index contributed by atoms with van der Waals surface area (Å²) in [5.74, 6) is 2.36. The van der Waals surface area contributed by atoms with E-state index in [0.29, 0.717) is 5.82 Å². The Balaban J connectivity index is 1.68. The molecule has 0 aliphatic carbocycles. The molecule has 5 nitrogen and oxygen atoms in total. The van der Waals surface area contributed by atoms with Crippen LogP contribution in [-0.4, -0.2) is 4.68 Å². The van der Waals surface area contributed by atoms with E-state index in [-0.39, 0.29) is 0 Å². The first kappa shape index (κ1) is 19.1. The number of nitrogens with two attached hydrogens (primary N) is 1. The van der Waals surface area contributed by atoms with Gasteiger partial charge in [0.05, 0.1) is 11.9 Å². The lowest BCUT2D eigenvalue weighted by atomic mass is 9.85. The molecule has 2 aliphatic heterocycles. The second kappa shape index (κ2) is 6.58. The number of nitrogens with zero attached hydrogens (tertiary/aromatic N) is 3. The maximum Gasteiger partial charge on any atom is 0.393 e. The van der Waals surface area contributed by atoms with Crippen LogP contribution in [0.1, 0.15) is 22.5 Å². The molecular formula is C29H24N4O+2. The summed E-state index contributed by atoms with van der Waals surface area (Å²) in [6.07, 6.45) is 2.07. The van der Waals surface area contributed by atoms with Crippen LogP contribution >= 0.6 is 0 Å². The predicted molar refractivity (Wildman–Crippen MR) is 130 cm³/mol. The quantitative estimate of drug-likeness (QED) is 0.395. The summed E-state index contributed by atoms with van der Waals surface area (Å²) in [5.41, 5.74) is 13.9. The third kappa shape index (κ3) is 2.23. The highest BCUT2D eigenvalue weighted by molar-refractivity contribution is 5.70. The summed E-state index contributed by atoms with van der Waals surface area (Å²) in [7, 11) is 0. The standard InChI is InChI=1S/C29H23N4O/c1-19-17-20(2)33-29(31-16-7-6-13-27(31)30)23-18-22(21-9-4-3-5-10-21)14-15-25(23)34-26-12-8-11-24(28(26)29)32(19)33/h3-18,30H,1-2H3/q+1/p+1. The average Bonchev–Trinajstić information content (AvgIpc) is 3.34. The minimum atomic E-state index is -0.728. The van der Waals surface area contributed by atoms with Crippen molar-refractivity contribution >= 4 is 5.82 Å². The Morgan fingerprint density at radius 2 is 1.62 bits per heavy atom. The smallest absolute Gasteiger partial charge is 0.393 e. The van der Waals surface area contributed by atoms with E-state index in [0.717, 1.165) is 50.8 Å². The van der Waals surface area contributed by atoms with E-state index in [1.165, 1.54) is 0 Å². The molecule has 0 spiro atoms. The number of nitrogen functional groups attached to an aromatic ring is 1. The van der Waals surface area contributed by atoms with Gasteiger partial charge in [0.1, 0.15) is 28.3 Å². The molecule has 3 aromatic carbocycles. The average molecular weight is 445 g/mol. The monoisotopic (exact) mass is 444 g/mol. The van der Waals surface area contributed by atoms with E-state index in [4.69, 9.17) is 10.5 Å². The highest BCUT2D eigenvalue weighted by Gasteiger charge is 2.65. The lowest BCUT2D eigenvalue weighted by Gasteiger charge is -2.30. The predicted octanol–water partition coefficient (Wildman–Crippen LogP) is 4.64. The van der Waals surface area contributed by atoms with Crippen LogP contribution in [-0.2, 0) is 5.66 Å². The normalized spacial score (nSPS) is 17.0. The first-order valence-electron chi connectivity index (χ1n) is 11.5. The van der Waals surface area contributed by atoms with Crippen LogP contribution in [0, 0.1) is 13.8 Å². The van der Waals surface area contributed by atoms with E-state index < -0.39 is 5.66 Å². The van der Waals surface area contributed by atoms with E-state index in [9.17, 15) is 0 Å². The Labute approximate surface area is 197 Å². The highest BCUT2D eigenvalue weighted by Crippen LogP contribution is 2.51. The Kier molecular flexibility index (Phi) is 3.70. The number of rotatable bonds is 2. The van der Waals surface area contributed by atoms with Crippen LogP contribution in [0.3, 0.4) is 0 Å². The van der Waals surface area contributed by atoms with E-state index in [2.05, 4.69) is 101 Å². The first-order chi connectivity index (χ1) is 16.6. The summed E-state index contributed by atoms with van der Waals surface area (Å²) in [6, 6.07) is 31.4. The van der Waals surface area contributed by atoms with Crippen molar-refractivity contribution in [1.82, 2.24) is 4.68 Å². The van der Waals surface area contributed by atoms with E-state index in [1.807, 2.05) is 24.3 Å². The lowest BCUT2D eigenvalue weighted by Crippen LogP contribution is -2.76. The molecule has 164 valence electrons. The molecule has 0 bridgehead atoms. The summed E-state index contributed by atoms with van der Waals surface area (Å²) in [6.45, 7) is 4.31. The highest BCUT2D eigenvalue weighted by atomic mass is 16.5. The number of hydrogen-bond donors (Lipinski definition) is 1. The van der Waals surface area contributed by atoms with Gasteiger partial charge >= 0.3 is 5.66 Å². The van der Waals surface area contributed by atoms with Crippen molar-refractivity contribution in [2.24, 2.45) is 0 Å². The minimum Gasteiger partial charge on any atom is -0.456 e. The lowest BCUT2D eigenvalue weighted by molar-refractivity contribution is -0.992. The zero-order chi connectivity index (χ0) is 23.0. The van der Waals surface area contributed by atoms with Gasteiger partial charge < -0.3 is 4.74 Å². The molecule has 34 heavy (non-hydrogen) atoms. The van der Waals surface area contributed by atoms with Crippen LogP contribution in [0.5, 0.6) is 11.5 Å². The second-order valence-electron chi connectivity index (χ2n) is 9.05. The molecule has 5 aromatic rings. The molecule has 0 saturated carbocycles. The molecule has 5 heteroatoms. The molecule has 7 rings (SSSR count). The zero-order valence-electron chi connectivity index (χ0n) is 19.1. The van der Waals surface area contributed by atoms with Crippen molar-refractivity contribution in [1.29, 1.82) is 0 Å². The van der Waals surface area contributed by atoms with Crippen LogP contribution in [0.15, 0.2) is 97.2 Å². The maximum atomic E-state index is 6.71. The van der Waals surface area contributed by atoms with Crippen LogP contribution in [0.2, 0.25) is 0 Å². The van der Waals surface area contributed by atoms with Crippen molar-refractivity contribution in [2.45, 2.75) is 19.5 Å². The Morgan fingerprint density at radius 3 is 2.44 bits per heavy atom. The fraction of sp³-hybridized carbons (Fsp3) is 0.103. The Bertz CT molecular complexity index is 1620. The van der Waals surface area contributed by atoms with Gasteiger partial charge in [0.15, 0.2) is 0 Å². The Morgan fingerprint density at radius 1 is 0.794 bits per heavy atom. The second-order valence-corrected chi connectivity index (χ2v) is 9.05. The number of aryl methyl sites for hydroxylation is 2. The van der Waals surface area contributed by atoms with Gasteiger partial charge in [0.2, 0.25) is 5.69 Å². The molecule has 4 heterocycles. The summed E-state index contributed by atoms with van der Waals surface area (Å²) >= 11 is 0. The number of aromatic nitrogens is 3. The summed E-state index contributed by atoms with van der Waals surface area (Å²) < 4.78 is 13.4. The van der Waals surface area contributed by atoms with Crippen molar-refractivity contribution in [2.75, 3.05) is 5.73 Å². The zero-order valence-corrected chi connectivity index (χ0v) is 19.1. The van der Waals surface area contributed by atoms with Gasteiger partial charge in [0.25, 0.3) is 5.82 Å². The third-order valence-corrected chi connectivity index (χ3v) is 7.10. The number of fused-ring (bicyclic) bond motifs is 5. The number of pyridine rings is 1. The van der Waals surface area contributed by atoms with Gasteiger partial charge in [-0.1, -0.05) is 53.2 Å². The molecule has 1 atom stereocenters. The molecule has 0 radical (unpaired) electrons. The van der Waals surface area contributed by atoms with Crippen molar-refractivity contribution < 1.29 is 14.0 Å². The Hall–Kier alpha value is -4.38. The van der Waals surface area contributed by atoms with E-state index in [1.54, 1.807) is 0 Å². The fourth-order valence-corrected chi connectivity index (χ4v) is 5.85. The van der Waals surface area contributed by atoms with Gasteiger partial charge in [-0.2, -0.15) is 4.57 Å². The first-order valence-corrected chi connectivity index (χ1v) is 11.5. The van der Waals surface area contributed by atoms with E-state index >= 15 is 0 Å². The van der Waals surface area contributed by atoms with Crippen LogP contribution < -0.4 is 19.7 Å². The molecule has 2 N–H and O–H groups in total. The van der Waals surface area contributed by atoms with Gasteiger partial charge in [-0.3, -0.25) is 5.73 Å². The maximum absolute atomic E-state index is 6.71. The molecular weight excluding hydrogens is 420 g/mol. The SMILES string of the molecule is Cc1cc(C)[n+]2n1-c1cccc3c1C2([n+]1ccccc1N)c1cc(-c2ccccc2)ccc1O3. The third-order valence-electron chi connectivity index (χ3n) is 7.10. The molecule has 2 aromatic heterocycles. The topological polar surface area (TPSA) is 47.9 Å². The number of ether oxygens (including phenoxy) is 1. The van der Waals surface area contributed by atoms with Crippen LogP contribution in [0.4, 0.5) is 5.82 Å². The van der Waals surface area contributed by atoms with Crippen LogP contribution in [0.25, 0.3) is 16.8 Å². The molecule has 1 unspecified atom stereocenters. The van der Waals surface area contributed by atoms with Gasteiger partial charge in [-0.05, 0) is 48.4 Å². The van der Waals surface area contributed by atoms with Gasteiger partial charge in [-0.15, -0.1) is 4.68 Å². The number of hydrogen-bond acceptors (Lipinski definition) is 2. The minimum absolute atomic E-state index is 0.681. The molecule has 0 saturated heterocycles.